The minimum atomic E-state index is 0.579. The molecule has 0 amide bonds. The molecule has 15 heavy (non-hydrogen) atoms. The second-order valence-corrected chi connectivity index (χ2v) is 4.25. The molecule has 0 aromatic heterocycles. The number of rotatable bonds is 4. The highest BCUT2D eigenvalue weighted by Gasteiger charge is 2.13. The summed E-state index contributed by atoms with van der Waals surface area (Å²) < 4.78 is 5.31. The Balaban J connectivity index is 1.71. The number of benzene rings is 1. The van der Waals surface area contributed by atoms with Crippen LogP contribution in [-0.2, 0) is 11.2 Å². The molecular formula is C13H19NO. The van der Waals surface area contributed by atoms with E-state index in [0.717, 1.165) is 32.6 Å². The minimum Gasteiger partial charge on any atom is -0.380 e. The monoisotopic (exact) mass is 205 g/mol. The van der Waals surface area contributed by atoms with Crippen LogP contribution in [0.25, 0.3) is 0 Å². The van der Waals surface area contributed by atoms with Crippen molar-refractivity contribution in [2.45, 2.75) is 25.8 Å². The van der Waals surface area contributed by atoms with Crippen molar-refractivity contribution in [1.29, 1.82) is 0 Å². The summed E-state index contributed by atoms with van der Waals surface area (Å²) in [4.78, 5) is 0. The molecule has 0 saturated carbocycles. The van der Waals surface area contributed by atoms with Crippen LogP contribution in [0.5, 0.6) is 0 Å². The lowest BCUT2D eigenvalue weighted by Gasteiger charge is -2.10. The zero-order valence-electron chi connectivity index (χ0n) is 9.33. The van der Waals surface area contributed by atoms with Gasteiger partial charge in [-0.05, 0) is 31.9 Å². The maximum atomic E-state index is 5.31. The summed E-state index contributed by atoms with van der Waals surface area (Å²) in [5.74, 6) is 0. The van der Waals surface area contributed by atoms with Gasteiger partial charge in [-0.2, -0.15) is 0 Å². The van der Waals surface area contributed by atoms with Gasteiger partial charge in [0.1, 0.15) is 0 Å². The molecule has 1 atom stereocenters. The Bertz CT molecular complexity index is 288. The highest BCUT2D eigenvalue weighted by molar-refractivity contribution is 5.21. The molecule has 0 radical (unpaired) electrons. The summed E-state index contributed by atoms with van der Waals surface area (Å²) in [6.07, 6.45) is 2.27. The highest BCUT2D eigenvalue weighted by Crippen LogP contribution is 2.05. The number of ether oxygens (including phenoxy) is 1. The lowest BCUT2D eigenvalue weighted by atomic mass is 10.1. The first-order valence-corrected chi connectivity index (χ1v) is 5.71. The van der Waals surface area contributed by atoms with Gasteiger partial charge in [0, 0.05) is 12.6 Å². The molecule has 1 saturated heterocycles. The van der Waals surface area contributed by atoms with E-state index in [1.165, 1.54) is 11.1 Å². The van der Waals surface area contributed by atoms with Crippen molar-refractivity contribution in [2.24, 2.45) is 0 Å². The van der Waals surface area contributed by atoms with Gasteiger partial charge in [-0.15, -0.1) is 0 Å². The van der Waals surface area contributed by atoms with Crippen molar-refractivity contribution in [3.8, 4) is 0 Å². The summed E-state index contributed by atoms with van der Waals surface area (Å²) in [7, 11) is 0. The molecule has 0 bridgehead atoms. The fourth-order valence-electron chi connectivity index (χ4n) is 1.87. The molecule has 1 aromatic rings. The summed E-state index contributed by atoms with van der Waals surface area (Å²) >= 11 is 0. The largest absolute Gasteiger partial charge is 0.380 e. The van der Waals surface area contributed by atoms with Crippen molar-refractivity contribution < 1.29 is 4.74 Å². The molecule has 0 spiro atoms. The number of nitrogens with one attached hydrogen (secondary N) is 1. The normalized spacial score (nSPS) is 20.7. The van der Waals surface area contributed by atoms with E-state index in [0.29, 0.717) is 6.04 Å². The molecule has 2 nitrogen and oxygen atoms in total. The van der Waals surface area contributed by atoms with E-state index in [1.807, 2.05) is 0 Å². The zero-order valence-corrected chi connectivity index (χ0v) is 9.33. The predicted octanol–water partition coefficient (Wildman–Crippen LogP) is 1.92. The second kappa shape index (κ2) is 5.29. The Kier molecular flexibility index (Phi) is 3.75. The molecular weight excluding hydrogens is 186 g/mol. The van der Waals surface area contributed by atoms with Crippen LogP contribution in [0.15, 0.2) is 24.3 Å². The van der Waals surface area contributed by atoms with Crippen molar-refractivity contribution in [1.82, 2.24) is 5.32 Å². The Hall–Kier alpha value is -0.860. The number of hydrogen-bond acceptors (Lipinski definition) is 2. The predicted molar refractivity (Wildman–Crippen MR) is 62.1 cm³/mol. The van der Waals surface area contributed by atoms with Crippen molar-refractivity contribution >= 4 is 0 Å². The first kappa shape index (κ1) is 10.7. The lowest BCUT2D eigenvalue weighted by molar-refractivity contribution is 0.190. The Morgan fingerprint density at radius 1 is 1.33 bits per heavy atom. The van der Waals surface area contributed by atoms with Crippen LogP contribution in [0, 0.1) is 6.92 Å². The summed E-state index contributed by atoms with van der Waals surface area (Å²) in [6, 6.07) is 9.35. The molecule has 1 aliphatic rings. The van der Waals surface area contributed by atoms with Gasteiger partial charge in [0.25, 0.3) is 0 Å². The van der Waals surface area contributed by atoms with Crippen LogP contribution in [0.4, 0.5) is 0 Å². The summed E-state index contributed by atoms with van der Waals surface area (Å²) in [5, 5.41) is 3.52. The second-order valence-electron chi connectivity index (χ2n) is 4.25. The van der Waals surface area contributed by atoms with E-state index in [-0.39, 0.29) is 0 Å². The Labute approximate surface area is 91.6 Å². The number of aryl methyl sites for hydroxylation is 1. The molecule has 1 aliphatic heterocycles. The van der Waals surface area contributed by atoms with Crippen LogP contribution in [-0.4, -0.2) is 25.8 Å². The van der Waals surface area contributed by atoms with E-state index >= 15 is 0 Å². The van der Waals surface area contributed by atoms with Crippen LogP contribution < -0.4 is 5.32 Å². The smallest absolute Gasteiger partial charge is 0.0620 e. The van der Waals surface area contributed by atoms with Gasteiger partial charge in [0.05, 0.1) is 6.61 Å². The molecule has 2 rings (SSSR count). The molecule has 1 aromatic carbocycles. The molecule has 0 aliphatic carbocycles. The van der Waals surface area contributed by atoms with Crippen LogP contribution in [0.1, 0.15) is 17.5 Å². The maximum Gasteiger partial charge on any atom is 0.0620 e. The average Bonchev–Trinajstić information content (AvgIpc) is 2.74. The molecule has 2 heteroatoms. The lowest BCUT2D eigenvalue weighted by Crippen LogP contribution is -2.30. The number of hydrogen-bond donors (Lipinski definition) is 1. The van der Waals surface area contributed by atoms with E-state index in [1.54, 1.807) is 0 Å². The minimum absolute atomic E-state index is 0.579. The summed E-state index contributed by atoms with van der Waals surface area (Å²) in [5.41, 5.74) is 2.74. The van der Waals surface area contributed by atoms with E-state index in [2.05, 4.69) is 36.5 Å². The van der Waals surface area contributed by atoms with Gasteiger partial charge in [-0.25, -0.2) is 0 Å². The van der Waals surface area contributed by atoms with Gasteiger partial charge in [-0.3, -0.25) is 0 Å². The van der Waals surface area contributed by atoms with Gasteiger partial charge >= 0.3 is 0 Å². The molecule has 1 N–H and O–H groups in total. The fraction of sp³-hybridized carbons (Fsp3) is 0.538. The Morgan fingerprint density at radius 2 is 2.13 bits per heavy atom. The van der Waals surface area contributed by atoms with Crippen LogP contribution in [0.2, 0.25) is 0 Å². The SMILES string of the molecule is Cc1ccc(CCNC2CCOC2)cc1. The third-order valence-electron chi connectivity index (χ3n) is 2.90. The molecule has 1 unspecified atom stereocenters. The third-order valence-corrected chi connectivity index (χ3v) is 2.90. The molecule has 1 heterocycles. The highest BCUT2D eigenvalue weighted by atomic mass is 16.5. The fourth-order valence-corrected chi connectivity index (χ4v) is 1.87. The Morgan fingerprint density at radius 3 is 2.80 bits per heavy atom. The van der Waals surface area contributed by atoms with Crippen LogP contribution in [0.3, 0.4) is 0 Å². The van der Waals surface area contributed by atoms with E-state index in [9.17, 15) is 0 Å². The van der Waals surface area contributed by atoms with Gasteiger partial charge in [-0.1, -0.05) is 29.8 Å². The van der Waals surface area contributed by atoms with Gasteiger partial charge in [0.2, 0.25) is 0 Å². The van der Waals surface area contributed by atoms with E-state index in [4.69, 9.17) is 4.74 Å². The molecule has 1 fully saturated rings. The van der Waals surface area contributed by atoms with Crippen molar-refractivity contribution in [3.05, 3.63) is 35.4 Å². The topological polar surface area (TPSA) is 21.3 Å². The first-order chi connectivity index (χ1) is 7.34. The molecule has 82 valence electrons. The summed E-state index contributed by atoms with van der Waals surface area (Å²) in [6.45, 7) is 4.98. The maximum absolute atomic E-state index is 5.31. The van der Waals surface area contributed by atoms with Gasteiger partial charge in [0.15, 0.2) is 0 Å². The van der Waals surface area contributed by atoms with Crippen LogP contribution >= 0.6 is 0 Å². The van der Waals surface area contributed by atoms with Crippen molar-refractivity contribution in [3.63, 3.8) is 0 Å². The van der Waals surface area contributed by atoms with E-state index < -0.39 is 0 Å². The third kappa shape index (κ3) is 3.33. The quantitative estimate of drug-likeness (QED) is 0.811. The first-order valence-electron chi connectivity index (χ1n) is 5.71. The average molecular weight is 205 g/mol. The zero-order chi connectivity index (χ0) is 10.5. The standard InChI is InChI=1S/C13H19NO/c1-11-2-4-12(5-3-11)6-8-14-13-7-9-15-10-13/h2-5,13-14H,6-10H2,1H3. The van der Waals surface area contributed by atoms with Crippen molar-refractivity contribution in [2.75, 3.05) is 19.8 Å². The van der Waals surface area contributed by atoms with Gasteiger partial charge < -0.3 is 10.1 Å².